The van der Waals surface area contributed by atoms with Gasteiger partial charge in [0.25, 0.3) is 5.91 Å². The molecule has 0 unspecified atom stereocenters. The lowest BCUT2D eigenvalue weighted by molar-refractivity contribution is 0.0734. The molecule has 4 rings (SSSR count). The first-order valence-electron chi connectivity index (χ1n) is 9.74. The van der Waals surface area contributed by atoms with E-state index in [9.17, 15) is 9.59 Å². The van der Waals surface area contributed by atoms with Gasteiger partial charge in [0, 0.05) is 23.6 Å². The maximum Gasteiger partial charge on any atom is 0.345 e. The van der Waals surface area contributed by atoms with Crippen LogP contribution in [0.2, 0.25) is 5.02 Å². The SMILES string of the molecule is O=C(N/N=C/c1ccc(OC(=O)c2ccccc2Cl)cc1)c1ccc(-n2cccc2)cc1. The monoisotopic (exact) mass is 443 g/mol. The van der Waals surface area contributed by atoms with Crippen LogP contribution in [0.3, 0.4) is 0 Å². The Kier molecular flexibility index (Phi) is 6.43. The number of hydrogen-bond acceptors (Lipinski definition) is 4. The molecule has 0 spiro atoms. The number of hydrazone groups is 1. The lowest BCUT2D eigenvalue weighted by Crippen LogP contribution is -2.17. The summed E-state index contributed by atoms with van der Waals surface area (Å²) in [4.78, 5) is 24.5. The molecular formula is C25H18ClN3O3. The minimum Gasteiger partial charge on any atom is -0.423 e. The second-order valence-electron chi connectivity index (χ2n) is 6.77. The third kappa shape index (κ3) is 5.11. The van der Waals surface area contributed by atoms with Crippen LogP contribution in [0.5, 0.6) is 5.75 Å². The molecule has 0 radical (unpaired) electrons. The van der Waals surface area contributed by atoms with Crippen LogP contribution in [0.1, 0.15) is 26.3 Å². The number of ether oxygens (including phenoxy) is 1. The summed E-state index contributed by atoms with van der Waals surface area (Å²) in [6.45, 7) is 0. The second-order valence-corrected chi connectivity index (χ2v) is 7.18. The van der Waals surface area contributed by atoms with E-state index >= 15 is 0 Å². The van der Waals surface area contributed by atoms with E-state index in [4.69, 9.17) is 16.3 Å². The number of hydrogen-bond donors (Lipinski definition) is 1. The van der Waals surface area contributed by atoms with Gasteiger partial charge in [-0.3, -0.25) is 4.79 Å². The second kappa shape index (κ2) is 9.76. The number of nitrogens with one attached hydrogen (secondary N) is 1. The molecule has 0 fully saturated rings. The highest BCUT2D eigenvalue weighted by atomic mass is 35.5. The molecule has 0 aliphatic rings. The fourth-order valence-electron chi connectivity index (χ4n) is 2.93. The highest BCUT2D eigenvalue weighted by Gasteiger charge is 2.12. The Hall–Kier alpha value is -4.16. The van der Waals surface area contributed by atoms with Crippen LogP contribution < -0.4 is 10.2 Å². The van der Waals surface area contributed by atoms with Crippen LogP contribution in [0, 0.1) is 0 Å². The molecule has 0 saturated carbocycles. The highest BCUT2D eigenvalue weighted by molar-refractivity contribution is 6.33. The number of carbonyl (C=O) groups is 2. The summed E-state index contributed by atoms with van der Waals surface area (Å²) >= 11 is 6.01. The van der Waals surface area contributed by atoms with Gasteiger partial charge >= 0.3 is 5.97 Å². The number of rotatable bonds is 6. The summed E-state index contributed by atoms with van der Waals surface area (Å²) in [6.07, 6.45) is 5.37. The topological polar surface area (TPSA) is 72.7 Å². The number of amides is 1. The predicted molar refractivity (Wildman–Crippen MR) is 124 cm³/mol. The van der Waals surface area contributed by atoms with E-state index < -0.39 is 5.97 Å². The first kappa shape index (κ1) is 21.1. The number of nitrogens with zero attached hydrogens (tertiary/aromatic N) is 2. The largest absolute Gasteiger partial charge is 0.423 e. The molecule has 1 heterocycles. The lowest BCUT2D eigenvalue weighted by atomic mass is 10.2. The standard InChI is InChI=1S/C25H18ClN3O3/c26-23-6-2-1-5-22(23)25(31)32-21-13-7-18(8-14-21)17-27-28-24(30)19-9-11-20(12-10-19)29-15-3-4-16-29/h1-17H,(H,28,30)/b27-17+. The van der Waals surface area contributed by atoms with Crippen molar-refractivity contribution < 1.29 is 14.3 Å². The molecule has 3 aromatic carbocycles. The molecule has 7 heteroatoms. The Balaban J connectivity index is 1.32. The van der Waals surface area contributed by atoms with Crippen LogP contribution in [0.15, 0.2) is 102 Å². The Bertz CT molecular complexity index is 1250. The molecule has 1 amide bonds. The maximum atomic E-state index is 12.3. The molecular weight excluding hydrogens is 426 g/mol. The molecule has 0 bridgehead atoms. The highest BCUT2D eigenvalue weighted by Crippen LogP contribution is 2.19. The number of halogens is 1. The molecule has 6 nitrogen and oxygen atoms in total. The minimum atomic E-state index is -0.535. The van der Waals surface area contributed by atoms with Gasteiger partial charge in [-0.2, -0.15) is 5.10 Å². The Morgan fingerprint density at radius 1 is 0.875 bits per heavy atom. The average molecular weight is 444 g/mol. The van der Waals surface area contributed by atoms with E-state index in [1.807, 2.05) is 41.2 Å². The third-order valence-electron chi connectivity index (χ3n) is 4.60. The summed E-state index contributed by atoms with van der Waals surface area (Å²) in [5.41, 5.74) is 4.99. The van der Waals surface area contributed by atoms with E-state index in [1.165, 1.54) is 6.21 Å². The summed E-state index contributed by atoms with van der Waals surface area (Å²) < 4.78 is 7.29. The van der Waals surface area contributed by atoms with Crippen LogP contribution in [0.25, 0.3) is 5.69 Å². The summed E-state index contributed by atoms with van der Waals surface area (Å²) in [5, 5.41) is 4.32. The molecule has 0 aliphatic carbocycles. The zero-order chi connectivity index (χ0) is 22.3. The zero-order valence-corrected chi connectivity index (χ0v) is 17.6. The summed E-state index contributed by atoms with van der Waals surface area (Å²) in [5.74, 6) is -0.475. The molecule has 158 valence electrons. The van der Waals surface area contributed by atoms with E-state index in [2.05, 4.69) is 10.5 Å². The lowest BCUT2D eigenvalue weighted by Gasteiger charge is -2.06. The third-order valence-corrected chi connectivity index (χ3v) is 4.93. The van der Waals surface area contributed by atoms with E-state index in [0.29, 0.717) is 21.9 Å². The zero-order valence-electron chi connectivity index (χ0n) is 16.8. The Morgan fingerprint density at radius 2 is 1.56 bits per heavy atom. The normalized spacial score (nSPS) is 10.8. The molecule has 0 saturated heterocycles. The van der Waals surface area contributed by atoms with Crippen molar-refractivity contribution in [3.05, 3.63) is 119 Å². The van der Waals surface area contributed by atoms with E-state index in [-0.39, 0.29) is 5.91 Å². The molecule has 0 atom stereocenters. The molecule has 4 aromatic rings. The van der Waals surface area contributed by atoms with Gasteiger partial charge in [-0.25, -0.2) is 10.2 Å². The first-order valence-corrected chi connectivity index (χ1v) is 10.1. The summed E-state index contributed by atoms with van der Waals surface area (Å²) in [6, 6.07) is 24.5. The fourth-order valence-corrected chi connectivity index (χ4v) is 3.15. The predicted octanol–water partition coefficient (Wildman–Crippen LogP) is 5.11. The van der Waals surface area contributed by atoms with Crippen molar-refractivity contribution >= 4 is 29.7 Å². The Morgan fingerprint density at radius 3 is 2.25 bits per heavy atom. The fraction of sp³-hybridized carbons (Fsp3) is 0. The van der Waals surface area contributed by atoms with Crippen molar-refractivity contribution in [2.45, 2.75) is 0 Å². The van der Waals surface area contributed by atoms with Crippen LogP contribution in [-0.4, -0.2) is 22.7 Å². The van der Waals surface area contributed by atoms with Gasteiger partial charge in [-0.05, 0) is 78.4 Å². The number of benzene rings is 3. The van der Waals surface area contributed by atoms with Gasteiger partial charge in [-0.1, -0.05) is 23.7 Å². The number of aromatic nitrogens is 1. The van der Waals surface area contributed by atoms with Gasteiger partial charge in [-0.15, -0.1) is 0 Å². The van der Waals surface area contributed by atoms with E-state index in [1.54, 1.807) is 60.7 Å². The van der Waals surface area contributed by atoms with Crippen molar-refractivity contribution in [2.24, 2.45) is 5.10 Å². The van der Waals surface area contributed by atoms with Crippen molar-refractivity contribution in [3.8, 4) is 11.4 Å². The number of carbonyl (C=O) groups excluding carboxylic acids is 2. The Labute approximate surface area is 189 Å². The average Bonchev–Trinajstić information content (AvgIpc) is 3.35. The minimum absolute atomic E-state index is 0.295. The van der Waals surface area contributed by atoms with Gasteiger partial charge in [0.15, 0.2) is 0 Å². The number of esters is 1. The van der Waals surface area contributed by atoms with Crippen molar-refractivity contribution in [3.63, 3.8) is 0 Å². The smallest absolute Gasteiger partial charge is 0.345 e. The molecule has 0 aliphatic heterocycles. The molecule has 1 aromatic heterocycles. The van der Waals surface area contributed by atoms with Crippen LogP contribution >= 0.6 is 11.6 Å². The summed E-state index contributed by atoms with van der Waals surface area (Å²) in [7, 11) is 0. The molecule has 32 heavy (non-hydrogen) atoms. The maximum absolute atomic E-state index is 12.3. The first-order chi connectivity index (χ1) is 15.6. The van der Waals surface area contributed by atoms with E-state index in [0.717, 1.165) is 11.3 Å². The van der Waals surface area contributed by atoms with Gasteiger partial charge < -0.3 is 9.30 Å². The van der Waals surface area contributed by atoms with Crippen molar-refractivity contribution in [2.75, 3.05) is 0 Å². The van der Waals surface area contributed by atoms with Gasteiger partial charge in [0.05, 0.1) is 16.8 Å². The van der Waals surface area contributed by atoms with Gasteiger partial charge in [0.1, 0.15) is 5.75 Å². The molecule has 1 N–H and O–H groups in total. The van der Waals surface area contributed by atoms with Crippen molar-refractivity contribution in [1.82, 2.24) is 9.99 Å². The van der Waals surface area contributed by atoms with Crippen molar-refractivity contribution in [1.29, 1.82) is 0 Å². The van der Waals surface area contributed by atoms with Crippen LogP contribution in [-0.2, 0) is 0 Å². The quantitative estimate of drug-likeness (QED) is 0.195. The van der Waals surface area contributed by atoms with Gasteiger partial charge in [0.2, 0.25) is 0 Å². The van der Waals surface area contributed by atoms with Crippen LogP contribution in [0.4, 0.5) is 0 Å².